The van der Waals surface area contributed by atoms with Gasteiger partial charge >= 0.3 is 0 Å². The number of para-hydroxylation sites is 2. The molecule has 0 bridgehead atoms. The van der Waals surface area contributed by atoms with E-state index < -0.39 is 147 Å². The third kappa shape index (κ3) is 3.92. The van der Waals surface area contributed by atoms with E-state index >= 15 is 0 Å². The molecular formula is C40H28N2. The molecule has 8 aromatic rings. The van der Waals surface area contributed by atoms with Crippen LogP contribution >= 0.6 is 0 Å². The molecule has 0 atom stereocenters. The van der Waals surface area contributed by atoms with Gasteiger partial charge in [0.15, 0.2) is 0 Å². The fraction of sp³-hybridized carbons (Fsp3) is 0.0250. The number of nitrogens with zero attached hydrogens (tertiary/aromatic N) is 2. The molecule has 0 saturated heterocycles. The average Bonchev–Trinajstić information content (AvgIpc) is 3.56. The molecule has 0 fully saturated rings. The van der Waals surface area contributed by atoms with Gasteiger partial charge in [0.25, 0.3) is 0 Å². The lowest BCUT2D eigenvalue weighted by Gasteiger charge is -2.19. The minimum Gasteiger partial charge on any atom is -0.297 e. The van der Waals surface area contributed by atoms with E-state index in [9.17, 15) is 6.85 Å². The number of imidazole rings is 1. The molecule has 2 heteroatoms. The van der Waals surface area contributed by atoms with Crippen LogP contribution < -0.4 is 0 Å². The van der Waals surface area contributed by atoms with Crippen LogP contribution in [0, 0.1) is 6.92 Å². The Kier molecular flexibility index (Phi) is 2.96. The highest BCUT2D eigenvalue weighted by atomic mass is 15.1. The third-order valence-corrected chi connectivity index (χ3v) is 7.12. The molecule has 0 unspecified atom stereocenters. The van der Waals surface area contributed by atoms with Gasteiger partial charge in [0.05, 0.1) is 34.3 Å². The third-order valence-electron chi connectivity index (χ3n) is 7.12. The van der Waals surface area contributed by atoms with E-state index in [0.29, 0.717) is 17.0 Å². The zero-order chi connectivity index (χ0) is 42.8. The monoisotopic (exact) mass is 553 g/mol. The van der Waals surface area contributed by atoms with Gasteiger partial charge in [-0.25, -0.2) is 4.98 Å². The second kappa shape index (κ2) is 9.87. The van der Waals surface area contributed by atoms with Gasteiger partial charge in [-0.3, -0.25) is 4.57 Å². The average molecular weight is 554 g/mol. The normalized spacial score (nSPS) is 17.1. The zero-order valence-corrected chi connectivity index (χ0v) is 22.0. The van der Waals surface area contributed by atoms with Crippen LogP contribution in [0.1, 0.15) is 29.1 Å². The van der Waals surface area contributed by atoms with Gasteiger partial charge in [-0.15, -0.1) is 0 Å². The van der Waals surface area contributed by atoms with Crippen molar-refractivity contribution in [2.75, 3.05) is 0 Å². The van der Waals surface area contributed by atoms with Gasteiger partial charge in [0.2, 0.25) is 0 Å². The first kappa shape index (κ1) is 12.6. The molecule has 0 spiro atoms. The maximum Gasteiger partial charge on any atom is 0.111 e. The number of fused-ring (bicyclic) bond motifs is 3. The lowest BCUT2D eigenvalue weighted by atomic mass is 9.85. The number of aromatic nitrogens is 2. The van der Waals surface area contributed by atoms with Gasteiger partial charge in [-0.1, -0.05) is 121 Å². The summed E-state index contributed by atoms with van der Waals surface area (Å²) in [6, 6.07) is 1.07. The van der Waals surface area contributed by atoms with Gasteiger partial charge in [0.1, 0.15) is 5.82 Å². The van der Waals surface area contributed by atoms with Gasteiger partial charge in [0, 0.05) is 5.69 Å². The van der Waals surface area contributed by atoms with Crippen LogP contribution in [0.15, 0.2) is 151 Å². The zero-order valence-electron chi connectivity index (χ0n) is 39.0. The SMILES string of the molecule is [2H]c1c([2H])c([2H])c(-c2c3c([2H])c([2H])c([2H])c([2H])c3c(-c3c([2H])c([2H])c([2H])c([2H])c3[2H])c3c([2H])c(-c4cccc(-n5c(C)nc6ccccc65)c4)c([2H])c([2H])c23)c([2H])c1[2H]. The van der Waals surface area contributed by atoms with Crippen molar-refractivity contribution in [2.24, 2.45) is 0 Å². The van der Waals surface area contributed by atoms with Crippen LogP contribution in [0.4, 0.5) is 0 Å². The fourth-order valence-corrected chi connectivity index (χ4v) is 5.39. The summed E-state index contributed by atoms with van der Waals surface area (Å²) in [7, 11) is 0. The summed E-state index contributed by atoms with van der Waals surface area (Å²) in [5, 5.41) is -1.87. The van der Waals surface area contributed by atoms with Gasteiger partial charge in [-0.05, 0) is 92.2 Å². The first-order valence-corrected chi connectivity index (χ1v) is 13.0. The molecule has 0 aliphatic heterocycles. The van der Waals surface area contributed by atoms with Crippen molar-refractivity contribution < 1.29 is 23.3 Å². The second-order valence-corrected chi connectivity index (χ2v) is 9.53. The molecule has 8 rings (SSSR count). The second-order valence-electron chi connectivity index (χ2n) is 9.53. The van der Waals surface area contributed by atoms with Crippen molar-refractivity contribution in [3.63, 3.8) is 0 Å². The quantitative estimate of drug-likeness (QED) is 0.198. The number of hydrogen-bond donors (Lipinski definition) is 0. The summed E-state index contributed by atoms with van der Waals surface area (Å²) >= 11 is 0. The van der Waals surface area contributed by atoms with Gasteiger partial charge in [-0.2, -0.15) is 0 Å². The summed E-state index contributed by atoms with van der Waals surface area (Å²) in [6.45, 7) is 1.80. The Hall–Kier alpha value is -5.47. The smallest absolute Gasteiger partial charge is 0.111 e. The molecule has 7 aromatic carbocycles. The van der Waals surface area contributed by atoms with Crippen molar-refractivity contribution in [1.82, 2.24) is 9.55 Å². The van der Waals surface area contributed by atoms with Crippen molar-refractivity contribution in [1.29, 1.82) is 0 Å². The standard InChI is InChI=1S/C40H28N2/c1-27-41-37-21-10-11-22-38(37)42(27)32-18-12-17-30(25-32)31-23-24-35-36(26-31)40(29-15-6-3-7-16-29)34-20-9-8-19-33(34)39(35)28-13-4-2-5-14-28/h2-26H,1H3/i2D,3D,4D,5D,6D,7D,8D,9D,13D,14D,15D,16D,19D,20D,23D,24D,26D. The maximum atomic E-state index is 9.93. The molecule has 0 aliphatic rings. The van der Waals surface area contributed by atoms with Crippen LogP contribution in [0.2, 0.25) is 0 Å². The molecule has 2 nitrogen and oxygen atoms in total. The van der Waals surface area contributed by atoms with Crippen LogP contribution in [-0.2, 0) is 0 Å². The Morgan fingerprint density at radius 3 is 1.88 bits per heavy atom. The molecule has 0 aliphatic carbocycles. The molecule has 0 radical (unpaired) electrons. The largest absolute Gasteiger partial charge is 0.297 e. The Bertz CT molecular complexity index is 3150. The molecule has 0 saturated carbocycles. The maximum absolute atomic E-state index is 9.93. The minimum atomic E-state index is -0.818. The summed E-state index contributed by atoms with van der Waals surface area (Å²) in [5.74, 6) is 0.618. The van der Waals surface area contributed by atoms with E-state index in [1.807, 2.05) is 28.8 Å². The molecular weight excluding hydrogens is 508 g/mol. The van der Waals surface area contributed by atoms with Gasteiger partial charge < -0.3 is 0 Å². The minimum absolute atomic E-state index is 0.174. The van der Waals surface area contributed by atoms with Crippen molar-refractivity contribution >= 4 is 32.6 Å². The molecule has 1 heterocycles. The first-order chi connectivity index (χ1) is 27.8. The lowest BCUT2D eigenvalue weighted by molar-refractivity contribution is 1.00. The Morgan fingerprint density at radius 1 is 0.548 bits per heavy atom. The Morgan fingerprint density at radius 2 is 1.17 bits per heavy atom. The molecule has 1 aromatic heterocycles. The van der Waals surface area contributed by atoms with Crippen LogP contribution in [-0.4, -0.2) is 9.55 Å². The van der Waals surface area contributed by atoms with Crippen molar-refractivity contribution in [2.45, 2.75) is 6.92 Å². The highest BCUT2D eigenvalue weighted by molar-refractivity contribution is 6.21. The van der Waals surface area contributed by atoms with Crippen LogP contribution in [0.25, 0.3) is 71.6 Å². The lowest BCUT2D eigenvalue weighted by Crippen LogP contribution is -1.97. The number of aryl methyl sites for hydroxylation is 1. The van der Waals surface area contributed by atoms with E-state index in [0.717, 1.165) is 5.52 Å². The fourth-order valence-electron chi connectivity index (χ4n) is 5.39. The molecule has 42 heavy (non-hydrogen) atoms. The summed E-state index contributed by atoms with van der Waals surface area (Å²) < 4.78 is 153. The van der Waals surface area contributed by atoms with Crippen LogP contribution in [0.5, 0.6) is 0 Å². The molecule has 198 valence electrons. The van der Waals surface area contributed by atoms with Crippen molar-refractivity contribution in [3.05, 3.63) is 157 Å². The Balaban J connectivity index is 1.68. The Labute approximate surface area is 269 Å². The van der Waals surface area contributed by atoms with E-state index in [-0.39, 0.29) is 11.1 Å². The van der Waals surface area contributed by atoms with Crippen molar-refractivity contribution in [3.8, 4) is 39.1 Å². The first-order valence-electron chi connectivity index (χ1n) is 21.5. The predicted molar refractivity (Wildman–Crippen MR) is 177 cm³/mol. The highest BCUT2D eigenvalue weighted by Crippen LogP contribution is 2.44. The number of rotatable bonds is 4. The van der Waals surface area contributed by atoms with E-state index in [4.69, 9.17) is 16.4 Å². The summed E-state index contributed by atoms with van der Waals surface area (Å²) in [6.07, 6.45) is 0. The topological polar surface area (TPSA) is 17.8 Å². The highest BCUT2D eigenvalue weighted by Gasteiger charge is 2.17. The summed E-state index contributed by atoms with van der Waals surface area (Å²) in [5.41, 5.74) is -0.0163. The van der Waals surface area contributed by atoms with E-state index in [2.05, 4.69) is 4.98 Å². The number of benzene rings is 7. The summed E-state index contributed by atoms with van der Waals surface area (Å²) in [4.78, 5) is 4.64. The molecule has 0 N–H and O–H groups in total. The van der Waals surface area contributed by atoms with E-state index in [1.54, 1.807) is 31.2 Å². The number of hydrogen-bond acceptors (Lipinski definition) is 1. The van der Waals surface area contributed by atoms with E-state index in [1.165, 1.54) is 0 Å². The predicted octanol–water partition coefficient (Wildman–Crippen LogP) is 10.6. The molecule has 0 amide bonds. The van der Waals surface area contributed by atoms with Crippen LogP contribution in [0.3, 0.4) is 0 Å².